The van der Waals surface area contributed by atoms with Gasteiger partial charge in [-0.3, -0.25) is 4.79 Å². The first-order valence-corrected chi connectivity index (χ1v) is 12.9. The lowest BCUT2D eigenvalue weighted by Gasteiger charge is -2.33. The van der Waals surface area contributed by atoms with Gasteiger partial charge >= 0.3 is 6.09 Å². The summed E-state index contributed by atoms with van der Waals surface area (Å²) in [5.74, 6) is 1.44. The summed E-state index contributed by atoms with van der Waals surface area (Å²) in [6.07, 6.45) is 0.844. The highest BCUT2D eigenvalue weighted by atomic mass is 16.6. The van der Waals surface area contributed by atoms with E-state index < -0.39 is 5.60 Å². The highest BCUT2D eigenvalue weighted by molar-refractivity contribution is 5.95. The third-order valence-electron chi connectivity index (χ3n) is 6.06. The normalized spacial score (nSPS) is 13.5. The molecule has 0 unspecified atom stereocenters. The zero-order valence-corrected chi connectivity index (χ0v) is 22.6. The van der Waals surface area contributed by atoms with Crippen LogP contribution >= 0.6 is 0 Å². The smallest absolute Gasteiger partial charge is 0.410 e. The van der Waals surface area contributed by atoms with E-state index in [1.165, 1.54) is 0 Å². The molecule has 1 aliphatic rings. The average molecular weight is 539 g/mol. The second-order valence-corrected chi connectivity index (χ2v) is 10.4. The Balaban J connectivity index is 1.49. The zero-order chi connectivity index (χ0) is 28.7. The Kier molecular flexibility index (Phi) is 8.56. The summed E-state index contributed by atoms with van der Waals surface area (Å²) < 4.78 is 17.4. The number of carbonyl (C=O) groups excluding carboxylic acids is 2. The molecule has 1 heterocycles. The fourth-order valence-corrected chi connectivity index (χ4v) is 4.09. The van der Waals surface area contributed by atoms with Crippen LogP contribution < -0.4 is 14.8 Å². The van der Waals surface area contributed by atoms with E-state index in [2.05, 4.69) is 17.5 Å². The summed E-state index contributed by atoms with van der Waals surface area (Å²) >= 11 is 0. The maximum absolute atomic E-state index is 13.3. The Morgan fingerprint density at radius 3 is 1.70 bits per heavy atom. The molecule has 0 atom stereocenters. The molecule has 0 aromatic heterocycles. The first-order chi connectivity index (χ1) is 19.1. The van der Waals surface area contributed by atoms with E-state index in [0.29, 0.717) is 65.6 Å². The zero-order valence-electron chi connectivity index (χ0n) is 22.6. The van der Waals surface area contributed by atoms with Crippen LogP contribution in [0.1, 0.15) is 55.1 Å². The van der Waals surface area contributed by atoms with Gasteiger partial charge in [-0.05, 0) is 94.3 Å². The topological polar surface area (TPSA) is 125 Å². The quantitative estimate of drug-likeness (QED) is 0.399. The van der Waals surface area contributed by atoms with Crippen molar-refractivity contribution in [1.82, 2.24) is 10.2 Å². The Morgan fingerprint density at radius 2 is 1.27 bits per heavy atom. The lowest BCUT2D eigenvalue weighted by atomic mass is 10.0. The van der Waals surface area contributed by atoms with E-state index in [1.54, 1.807) is 71.6 Å². The first kappa shape index (κ1) is 28.0. The summed E-state index contributed by atoms with van der Waals surface area (Å²) in [7, 11) is 0. The van der Waals surface area contributed by atoms with Crippen molar-refractivity contribution < 1.29 is 23.8 Å². The molecule has 9 heteroatoms. The van der Waals surface area contributed by atoms with Crippen molar-refractivity contribution in [2.24, 2.45) is 0 Å². The molecule has 0 radical (unpaired) electrons. The number of nitrogens with one attached hydrogen (secondary N) is 1. The standard InChI is InChI=1S/C31H30N4O5/c1-31(2,3)40-30(37)35-14-12-24(13-15-35)34-29(36)23-16-27(38-25-8-4-21(19-32)5-9-25)18-28(17-23)39-26-10-6-22(20-33)7-11-26/h4-11,16-18,24H,12-15H2,1-3H3,(H,34,36). The molecule has 2 amide bonds. The number of amides is 2. The predicted octanol–water partition coefficient (Wildman–Crippen LogP) is 6.14. The van der Waals surface area contributed by atoms with E-state index in [4.69, 9.17) is 24.7 Å². The number of benzene rings is 3. The van der Waals surface area contributed by atoms with E-state index >= 15 is 0 Å². The van der Waals surface area contributed by atoms with Crippen LogP contribution in [0.3, 0.4) is 0 Å². The Labute approximate surface area is 233 Å². The lowest BCUT2D eigenvalue weighted by Crippen LogP contribution is -2.47. The van der Waals surface area contributed by atoms with Crippen LogP contribution in [0.5, 0.6) is 23.0 Å². The summed E-state index contributed by atoms with van der Waals surface area (Å²) in [5.41, 5.74) is 0.778. The van der Waals surface area contributed by atoms with Gasteiger partial charge in [0.25, 0.3) is 5.91 Å². The SMILES string of the molecule is CC(C)(C)OC(=O)N1CCC(NC(=O)c2cc(Oc3ccc(C#N)cc3)cc(Oc3ccc(C#N)cc3)c2)CC1. The number of likely N-dealkylation sites (tertiary alicyclic amines) is 1. The molecular formula is C31H30N4O5. The van der Waals surface area contributed by atoms with Crippen molar-refractivity contribution in [2.75, 3.05) is 13.1 Å². The van der Waals surface area contributed by atoms with E-state index in [0.717, 1.165) is 0 Å². The minimum atomic E-state index is -0.565. The molecule has 3 aromatic carbocycles. The monoisotopic (exact) mass is 538 g/mol. The second kappa shape index (κ2) is 12.2. The van der Waals surface area contributed by atoms with Gasteiger partial charge in [0.05, 0.1) is 23.3 Å². The number of rotatable bonds is 6. The molecule has 4 rings (SSSR count). The largest absolute Gasteiger partial charge is 0.457 e. The van der Waals surface area contributed by atoms with Gasteiger partial charge in [0, 0.05) is 30.8 Å². The van der Waals surface area contributed by atoms with E-state index in [9.17, 15) is 9.59 Å². The van der Waals surface area contributed by atoms with Crippen LogP contribution in [0.4, 0.5) is 4.79 Å². The lowest BCUT2D eigenvalue weighted by molar-refractivity contribution is 0.0199. The molecule has 0 bridgehead atoms. The number of piperidine rings is 1. The third-order valence-corrected chi connectivity index (χ3v) is 6.06. The van der Waals surface area contributed by atoms with Crippen molar-refractivity contribution in [3.8, 4) is 35.1 Å². The number of nitriles is 2. The van der Waals surface area contributed by atoms with Crippen molar-refractivity contribution >= 4 is 12.0 Å². The molecule has 1 N–H and O–H groups in total. The molecule has 0 saturated carbocycles. The molecule has 204 valence electrons. The Hall–Kier alpha value is -5.02. The number of nitrogens with zero attached hydrogens (tertiary/aromatic N) is 3. The van der Waals surface area contributed by atoms with Crippen LogP contribution in [0.15, 0.2) is 66.7 Å². The summed E-state index contributed by atoms with van der Waals surface area (Å²) in [6.45, 7) is 6.45. The fraction of sp³-hybridized carbons (Fsp3) is 0.290. The number of hydrogen-bond donors (Lipinski definition) is 1. The summed E-state index contributed by atoms with van der Waals surface area (Å²) in [6, 6.07) is 22.2. The van der Waals surface area contributed by atoms with Crippen LogP contribution in [-0.4, -0.2) is 41.6 Å². The van der Waals surface area contributed by atoms with Crippen LogP contribution in [0, 0.1) is 22.7 Å². The maximum atomic E-state index is 13.3. The highest BCUT2D eigenvalue weighted by Gasteiger charge is 2.28. The fourth-order valence-electron chi connectivity index (χ4n) is 4.09. The minimum absolute atomic E-state index is 0.114. The van der Waals surface area contributed by atoms with Crippen LogP contribution in [-0.2, 0) is 4.74 Å². The summed E-state index contributed by atoms with van der Waals surface area (Å²) in [5, 5.41) is 21.2. The van der Waals surface area contributed by atoms with Gasteiger partial charge in [-0.25, -0.2) is 4.79 Å². The van der Waals surface area contributed by atoms with E-state index in [-0.39, 0.29) is 18.0 Å². The molecule has 3 aromatic rings. The van der Waals surface area contributed by atoms with Crippen molar-refractivity contribution in [3.05, 3.63) is 83.4 Å². The highest BCUT2D eigenvalue weighted by Crippen LogP contribution is 2.31. The predicted molar refractivity (Wildman–Crippen MR) is 147 cm³/mol. The molecule has 1 saturated heterocycles. The average Bonchev–Trinajstić information content (AvgIpc) is 2.93. The molecular weight excluding hydrogens is 508 g/mol. The molecule has 40 heavy (non-hydrogen) atoms. The van der Waals surface area contributed by atoms with Crippen LogP contribution in [0.25, 0.3) is 0 Å². The molecule has 0 aliphatic carbocycles. The first-order valence-electron chi connectivity index (χ1n) is 12.9. The summed E-state index contributed by atoms with van der Waals surface area (Å²) in [4.78, 5) is 27.3. The molecule has 9 nitrogen and oxygen atoms in total. The van der Waals surface area contributed by atoms with Gasteiger partial charge in [-0.15, -0.1) is 0 Å². The van der Waals surface area contributed by atoms with Crippen molar-refractivity contribution in [3.63, 3.8) is 0 Å². The molecule has 1 fully saturated rings. The van der Waals surface area contributed by atoms with Gasteiger partial charge in [0.1, 0.15) is 28.6 Å². The maximum Gasteiger partial charge on any atom is 0.410 e. The minimum Gasteiger partial charge on any atom is -0.457 e. The Bertz CT molecular complexity index is 1360. The van der Waals surface area contributed by atoms with Crippen molar-refractivity contribution in [2.45, 2.75) is 45.3 Å². The van der Waals surface area contributed by atoms with Gasteiger partial charge in [0.2, 0.25) is 0 Å². The molecule has 1 aliphatic heterocycles. The van der Waals surface area contributed by atoms with Gasteiger partial charge in [-0.2, -0.15) is 10.5 Å². The van der Waals surface area contributed by atoms with Gasteiger partial charge < -0.3 is 24.4 Å². The molecule has 0 spiro atoms. The number of carbonyl (C=O) groups is 2. The number of ether oxygens (including phenoxy) is 3. The second-order valence-electron chi connectivity index (χ2n) is 10.4. The Morgan fingerprint density at radius 1 is 0.800 bits per heavy atom. The van der Waals surface area contributed by atoms with Crippen LogP contribution in [0.2, 0.25) is 0 Å². The van der Waals surface area contributed by atoms with E-state index in [1.807, 2.05) is 20.8 Å². The number of hydrogen-bond acceptors (Lipinski definition) is 7. The third kappa shape index (κ3) is 7.75. The van der Waals surface area contributed by atoms with Gasteiger partial charge in [0.15, 0.2) is 0 Å². The van der Waals surface area contributed by atoms with Gasteiger partial charge in [-0.1, -0.05) is 0 Å². The van der Waals surface area contributed by atoms with Crippen molar-refractivity contribution in [1.29, 1.82) is 10.5 Å².